The van der Waals surface area contributed by atoms with Crippen LogP contribution in [0.5, 0.6) is 0 Å². The molecular weight excluding hydrogens is 446 g/mol. The van der Waals surface area contributed by atoms with Gasteiger partial charge < -0.3 is 20.2 Å². The maximum absolute atomic E-state index is 12.7. The van der Waals surface area contributed by atoms with Crippen molar-refractivity contribution in [1.29, 1.82) is 0 Å². The van der Waals surface area contributed by atoms with Gasteiger partial charge in [-0.2, -0.15) is 13.5 Å². The maximum atomic E-state index is 12.7. The summed E-state index contributed by atoms with van der Waals surface area (Å²) in [6.45, 7) is 1.03. The fourth-order valence-electron chi connectivity index (χ4n) is 4.44. The number of likely N-dealkylation sites (tertiary alicyclic amines) is 1. The molecule has 4 amide bonds. The minimum Gasteiger partial charge on any atom is -0.465 e. The normalized spacial score (nSPS) is 24.0. The Kier molecular flexibility index (Phi) is 5.92. The Morgan fingerprint density at radius 1 is 1.16 bits per heavy atom. The summed E-state index contributed by atoms with van der Waals surface area (Å²) in [7, 11) is -4.85. The fraction of sp³-hybridized carbons (Fsp3) is 0.556. The molecule has 1 aromatic heterocycles. The van der Waals surface area contributed by atoms with E-state index >= 15 is 0 Å². The van der Waals surface area contributed by atoms with Crippen LogP contribution in [0.2, 0.25) is 0 Å². The quantitative estimate of drug-likeness (QED) is 0.530. The van der Waals surface area contributed by atoms with Crippen LogP contribution >= 0.6 is 0 Å². The van der Waals surface area contributed by atoms with Gasteiger partial charge in [0.25, 0.3) is 0 Å². The number of nitrogens with one attached hydrogen (secondary N) is 1. The SMILES string of the molecule is O=C(Nc1ccc(C2CCN(C(=O)O)CC2)cn1)[C@@H]1CC[C@@H]2CN1C(=O)N2OS(=O)(=O)O. The number of urea groups is 1. The van der Waals surface area contributed by atoms with Gasteiger partial charge in [0.15, 0.2) is 0 Å². The molecule has 4 heterocycles. The van der Waals surface area contributed by atoms with Crippen LogP contribution in [-0.4, -0.2) is 87.7 Å². The Balaban J connectivity index is 1.35. The van der Waals surface area contributed by atoms with Crippen molar-refractivity contribution < 1.29 is 36.7 Å². The van der Waals surface area contributed by atoms with E-state index in [4.69, 9.17) is 9.66 Å². The molecule has 0 saturated carbocycles. The van der Waals surface area contributed by atoms with Gasteiger partial charge in [-0.05, 0) is 43.2 Å². The van der Waals surface area contributed by atoms with E-state index in [1.807, 2.05) is 6.07 Å². The number of aromatic nitrogens is 1. The molecule has 3 fully saturated rings. The average Bonchev–Trinajstić information content (AvgIpc) is 2.98. The zero-order valence-electron chi connectivity index (χ0n) is 17.0. The Labute approximate surface area is 183 Å². The van der Waals surface area contributed by atoms with E-state index in [0.717, 1.165) is 5.56 Å². The lowest BCUT2D eigenvalue weighted by Gasteiger charge is -2.30. The van der Waals surface area contributed by atoms with Gasteiger partial charge >= 0.3 is 22.5 Å². The highest BCUT2D eigenvalue weighted by atomic mass is 32.3. The first-order valence-corrected chi connectivity index (χ1v) is 11.5. The zero-order chi connectivity index (χ0) is 23.0. The van der Waals surface area contributed by atoms with Crippen molar-refractivity contribution in [2.24, 2.45) is 0 Å². The molecule has 0 spiro atoms. The molecule has 4 rings (SSSR count). The molecule has 3 aliphatic heterocycles. The first kappa shape index (κ1) is 22.2. The van der Waals surface area contributed by atoms with Crippen molar-refractivity contribution >= 4 is 34.2 Å². The second-order valence-corrected chi connectivity index (χ2v) is 9.02. The fourth-order valence-corrected chi connectivity index (χ4v) is 4.83. The average molecular weight is 469 g/mol. The third-order valence-corrected chi connectivity index (χ3v) is 6.42. The van der Waals surface area contributed by atoms with Crippen LogP contribution in [0.4, 0.5) is 15.4 Å². The predicted octanol–water partition coefficient (Wildman–Crippen LogP) is 0.881. The van der Waals surface area contributed by atoms with E-state index in [2.05, 4.69) is 14.6 Å². The number of carbonyl (C=O) groups is 3. The lowest BCUT2D eigenvalue weighted by molar-refractivity contribution is -0.120. The van der Waals surface area contributed by atoms with E-state index in [1.165, 1.54) is 9.80 Å². The Morgan fingerprint density at radius 3 is 2.47 bits per heavy atom. The Bertz CT molecular complexity index is 1010. The summed E-state index contributed by atoms with van der Waals surface area (Å²) >= 11 is 0. The molecule has 1 aromatic rings. The standard InChI is InChI=1S/C18H23N5O8S/c24-16(14-3-2-13-10-22(14)17(25)23(13)31-32(28,29)30)20-15-4-1-12(9-19-15)11-5-7-21(8-6-11)18(26)27/h1,4,9,11,13-14H,2-3,5-8,10H2,(H,26,27)(H,19,20,24)(H,28,29,30)/t13-,14+/m1/s1. The molecule has 0 aromatic carbocycles. The summed E-state index contributed by atoms with van der Waals surface area (Å²) in [6, 6.07) is 1.29. The minimum absolute atomic E-state index is 0.105. The molecule has 174 valence electrons. The number of rotatable bonds is 5. The highest BCUT2D eigenvalue weighted by Gasteiger charge is 2.49. The molecule has 3 N–H and O–H groups in total. The van der Waals surface area contributed by atoms with E-state index in [-0.39, 0.29) is 12.5 Å². The predicted molar refractivity (Wildman–Crippen MR) is 108 cm³/mol. The number of carbonyl (C=O) groups excluding carboxylic acids is 2. The van der Waals surface area contributed by atoms with Gasteiger partial charge in [-0.25, -0.2) is 14.6 Å². The number of carboxylic acid groups (broad SMARTS) is 1. The second-order valence-electron chi connectivity index (χ2n) is 8.02. The summed E-state index contributed by atoms with van der Waals surface area (Å²) in [4.78, 5) is 43.1. The molecule has 3 aliphatic rings. The van der Waals surface area contributed by atoms with E-state index in [9.17, 15) is 22.8 Å². The molecule has 2 atom stereocenters. The van der Waals surface area contributed by atoms with Crippen molar-refractivity contribution in [3.05, 3.63) is 23.9 Å². The van der Waals surface area contributed by atoms with Crippen LogP contribution in [0.1, 0.15) is 37.2 Å². The number of anilines is 1. The monoisotopic (exact) mass is 469 g/mol. The number of hydroxylamine groups is 2. The summed E-state index contributed by atoms with van der Waals surface area (Å²) < 4.78 is 35.2. The number of amides is 4. The highest BCUT2D eigenvalue weighted by molar-refractivity contribution is 7.80. The van der Waals surface area contributed by atoms with Gasteiger partial charge in [-0.3, -0.25) is 9.35 Å². The van der Waals surface area contributed by atoms with Crippen molar-refractivity contribution in [2.45, 2.75) is 43.7 Å². The third kappa shape index (κ3) is 4.61. The van der Waals surface area contributed by atoms with Crippen molar-refractivity contribution in [1.82, 2.24) is 19.8 Å². The molecule has 0 radical (unpaired) electrons. The van der Waals surface area contributed by atoms with Crippen LogP contribution in [0.25, 0.3) is 0 Å². The lowest BCUT2D eigenvalue weighted by Crippen LogP contribution is -2.47. The van der Waals surface area contributed by atoms with Gasteiger partial charge in [0.05, 0.1) is 6.04 Å². The molecule has 0 aliphatic carbocycles. The molecule has 2 bridgehead atoms. The number of hydrogen-bond acceptors (Lipinski definition) is 7. The van der Waals surface area contributed by atoms with E-state index < -0.39 is 40.5 Å². The zero-order valence-corrected chi connectivity index (χ0v) is 17.8. The van der Waals surface area contributed by atoms with Gasteiger partial charge in [-0.15, -0.1) is 4.28 Å². The van der Waals surface area contributed by atoms with E-state index in [0.29, 0.717) is 49.7 Å². The minimum atomic E-state index is -4.85. The Hall–Kier alpha value is -2.97. The molecule has 13 nitrogen and oxygen atoms in total. The second kappa shape index (κ2) is 8.52. The number of piperidine rings is 2. The van der Waals surface area contributed by atoms with Crippen LogP contribution < -0.4 is 5.32 Å². The number of nitrogens with zero attached hydrogens (tertiary/aromatic N) is 4. The van der Waals surface area contributed by atoms with Gasteiger partial charge in [-0.1, -0.05) is 6.07 Å². The first-order valence-electron chi connectivity index (χ1n) is 10.1. The van der Waals surface area contributed by atoms with Crippen LogP contribution in [0, 0.1) is 0 Å². The molecule has 3 saturated heterocycles. The molecule has 14 heteroatoms. The van der Waals surface area contributed by atoms with Crippen LogP contribution in [0.3, 0.4) is 0 Å². The maximum Gasteiger partial charge on any atom is 0.418 e. The third-order valence-electron chi connectivity index (χ3n) is 6.07. The number of fused-ring (bicyclic) bond motifs is 2. The van der Waals surface area contributed by atoms with Gasteiger partial charge in [0.2, 0.25) is 5.91 Å². The van der Waals surface area contributed by atoms with Gasteiger partial charge in [0.1, 0.15) is 11.9 Å². The van der Waals surface area contributed by atoms with E-state index in [1.54, 1.807) is 12.3 Å². The summed E-state index contributed by atoms with van der Waals surface area (Å²) in [5.41, 5.74) is 0.960. The Morgan fingerprint density at radius 2 is 1.88 bits per heavy atom. The topological polar surface area (TPSA) is 170 Å². The smallest absolute Gasteiger partial charge is 0.418 e. The number of hydrogen-bond donors (Lipinski definition) is 3. The summed E-state index contributed by atoms with van der Waals surface area (Å²) in [5, 5.41) is 12.3. The highest BCUT2D eigenvalue weighted by Crippen LogP contribution is 2.31. The first-order chi connectivity index (χ1) is 15.1. The van der Waals surface area contributed by atoms with Crippen molar-refractivity contribution in [3.8, 4) is 0 Å². The van der Waals surface area contributed by atoms with Crippen LogP contribution in [0.15, 0.2) is 18.3 Å². The van der Waals surface area contributed by atoms with Crippen molar-refractivity contribution in [2.75, 3.05) is 25.0 Å². The summed E-state index contributed by atoms with van der Waals surface area (Å²) in [5.74, 6) is 0.0381. The molecular formula is C18H23N5O8S. The molecule has 32 heavy (non-hydrogen) atoms. The largest absolute Gasteiger partial charge is 0.465 e. The van der Waals surface area contributed by atoms with Gasteiger partial charge in [0, 0.05) is 25.8 Å². The van der Waals surface area contributed by atoms with Crippen molar-refractivity contribution in [3.63, 3.8) is 0 Å². The molecule has 0 unspecified atom stereocenters. The summed E-state index contributed by atoms with van der Waals surface area (Å²) in [6.07, 6.45) is 2.75. The van der Waals surface area contributed by atoms with Crippen LogP contribution in [-0.2, 0) is 19.5 Å². The number of pyridine rings is 1. The lowest BCUT2D eigenvalue weighted by atomic mass is 9.91.